The Balaban J connectivity index is 0.00000312. The molecular weight excluding hydrogens is 359 g/mol. The van der Waals surface area contributed by atoms with Crippen molar-refractivity contribution in [2.45, 2.75) is 58.1 Å². The predicted molar refractivity (Wildman–Crippen MR) is 105 cm³/mol. The molecule has 142 valence electrons. The largest absolute Gasteiger partial charge is 0.378 e. The van der Waals surface area contributed by atoms with Crippen LogP contribution in [0.1, 0.15) is 46.6 Å². The molecule has 2 rings (SSSR count). The number of halogens is 2. The van der Waals surface area contributed by atoms with Crippen molar-refractivity contribution >= 4 is 29.9 Å². The molecule has 1 fully saturated rings. The molecule has 1 aliphatic carbocycles. The monoisotopic (exact) mass is 388 g/mol. The van der Waals surface area contributed by atoms with Gasteiger partial charge in [0.1, 0.15) is 5.54 Å². The summed E-state index contributed by atoms with van der Waals surface area (Å²) >= 11 is 6.30. The van der Waals surface area contributed by atoms with Gasteiger partial charge in [0.2, 0.25) is 5.91 Å². The minimum Gasteiger partial charge on any atom is -0.378 e. The van der Waals surface area contributed by atoms with E-state index in [1.807, 2.05) is 45.0 Å². The lowest BCUT2D eigenvalue weighted by Crippen LogP contribution is -2.76. The Hall–Kier alpha value is -0.810. The molecule has 1 aromatic carbocycles. The van der Waals surface area contributed by atoms with E-state index in [2.05, 4.69) is 19.2 Å². The van der Waals surface area contributed by atoms with E-state index in [0.29, 0.717) is 24.6 Å². The van der Waals surface area contributed by atoms with Crippen molar-refractivity contribution in [1.82, 2.24) is 5.32 Å². The number of benzene rings is 1. The number of rotatable bonds is 6. The van der Waals surface area contributed by atoms with Crippen LogP contribution in [0.4, 0.5) is 0 Å². The molecule has 0 saturated heterocycles. The zero-order valence-corrected chi connectivity index (χ0v) is 17.3. The summed E-state index contributed by atoms with van der Waals surface area (Å²) in [6.07, 6.45) is 0.571. The van der Waals surface area contributed by atoms with Crippen molar-refractivity contribution in [3.05, 3.63) is 34.9 Å². The van der Waals surface area contributed by atoms with Crippen LogP contribution in [0.15, 0.2) is 24.3 Å². The number of carbonyl (C=O) groups is 1. The third kappa shape index (κ3) is 3.97. The van der Waals surface area contributed by atoms with Crippen LogP contribution in [0, 0.1) is 5.41 Å². The van der Waals surface area contributed by atoms with Crippen molar-refractivity contribution in [2.24, 2.45) is 11.1 Å². The highest BCUT2D eigenvalue weighted by atomic mass is 35.5. The lowest BCUT2D eigenvalue weighted by Gasteiger charge is -2.57. The fraction of sp³-hybridized carbons (Fsp3) is 0.632. The van der Waals surface area contributed by atoms with Crippen molar-refractivity contribution in [3.63, 3.8) is 0 Å². The Morgan fingerprint density at radius 2 is 2.00 bits per heavy atom. The highest BCUT2D eigenvalue weighted by Gasteiger charge is 2.62. The summed E-state index contributed by atoms with van der Waals surface area (Å²) in [4.78, 5) is 12.8. The highest BCUT2D eigenvalue weighted by Crippen LogP contribution is 2.49. The van der Waals surface area contributed by atoms with Gasteiger partial charge in [0.15, 0.2) is 0 Å². The summed E-state index contributed by atoms with van der Waals surface area (Å²) in [7, 11) is 0. The standard InChI is InChI=1S/C19H29ClN2O2.ClH/c1-6-24-15-11-19(21,18(15,4)5)16(23)22-12-17(2,3)13-9-7-8-10-14(13)20;/h7-10,15H,6,11-12,21H2,1-5H3,(H,22,23);1H. The molecule has 2 atom stereocenters. The van der Waals surface area contributed by atoms with E-state index in [1.54, 1.807) is 0 Å². The van der Waals surface area contributed by atoms with Crippen LogP contribution in [0.3, 0.4) is 0 Å². The van der Waals surface area contributed by atoms with Crippen LogP contribution >= 0.6 is 24.0 Å². The molecule has 1 aromatic rings. The normalized spacial score (nSPS) is 24.8. The van der Waals surface area contributed by atoms with Gasteiger partial charge < -0.3 is 15.8 Å². The minimum absolute atomic E-state index is 0. The van der Waals surface area contributed by atoms with Gasteiger partial charge in [0, 0.05) is 35.4 Å². The van der Waals surface area contributed by atoms with E-state index >= 15 is 0 Å². The van der Waals surface area contributed by atoms with E-state index in [1.165, 1.54) is 0 Å². The third-order valence-electron chi connectivity index (χ3n) is 5.53. The van der Waals surface area contributed by atoms with Crippen molar-refractivity contribution < 1.29 is 9.53 Å². The molecule has 0 bridgehead atoms. The van der Waals surface area contributed by atoms with Crippen LogP contribution < -0.4 is 11.1 Å². The zero-order valence-electron chi connectivity index (χ0n) is 15.7. The van der Waals surface area contributed by atoms with Gasteiger partial charge in [-0.15, -0.1) is 12.4 Å². The quantitative estimate of drug-likeness (QED) is 0.780. The second-order valence-electron chi connectivity index (χ2n) is 7.89. The maximum Gasteiger partial charge on any atom is 0.240 e. The molecule has 1 saturated carbocycles. The fourth-order valence-corrected chi connectivity index (χ4v) is 3.78. The lowest BCUT2D eigenvalue weighted by atomic mass is 9.54. The van der Waals surface area contributed by atoms with Crippen LogP contribution in [0.5, 0.6) is 0 Å². The molecule has 0 aromatic heterocycles. The molecule has 0 heterocycles. The molecule has 2 unspecified atom stereocenters. The molecule has 1 amide bonds. The number of nitrogens with two attached hydrogens (primary N) is 1. The van der Waals surface area contributed by atoms with E-state index in [0.717, 1.165) is 5.56 Å². The average molecular weight is 389 g/mol. The highest BCUT2D eigenvalue weighted by molar-refractivity contribution is 6.31. The Bertz CT molecular complexity index is 619. The van der Waals surface area contributed by atoms with Crippen LogP contribution in [-0.2, 0) is 14.9 Å². The first-order valence-electron chi connectivity index (χ1n) is 8.50. The Kier molecular flexibility index (Phi) is 6.96. The van der Waals surface area contributed by atoms with Gasteiger partial charge in [0.25, 0.3) is 0 Å². The number of ether oxygens (including phenoxy) is 1. The van der Waals surface area contributed by atoms with Gasteiger partial charge in [0.05, 0.1) is 6.10 Å². The Morgan fingerprint density at radius 3 is 2.52 bits per heavy atom. The van der Waals surface area contributed by atoms with E-state index in [-0.39, 0.29) is 35.2 Å². The van der Waals surface area contributed by atoms with Crippen molar-refractivity contribution in [1.29, 1.82) is 0 Å². The van der Waals surface area contributed by atoms with Crippen molar-refractivity contribution in [2.75, 3.05) is 13.2 Å². The van der Waals surface area contributed by atoms with Crippen LogP contribution in [0.2, 0.25) is 5.02 Å². The lowest BCUT2D eigenvalue weighted by molar-refractivity contribution is -0.170. The summed E-state index contributed by atoms with van der Waals surface area (Å²) in [6, 6.07) is 7.72. The Morgan fingerprint density at radius 1 is 1.40 bits per heavy atom. The number of amides is 1. The van der Waals surface area contributed by atoms with Gasteiger partial charge in [-0.3, -0.25) is 4.79 Å². The molecule has 6 heteroatoms. The second kappa shape index (κ2) is 7.83. The molecule has 25 heavy (non-hydrogen) atoms. The molecule has 4 nitrogen and oxygen atoms in total. The smallest absolute Gasteiger partial charge is 0.240 e. The van der Waals surface area contributed by atoms with Gasteiger partial charge in [-0.05, 0) is 18.6 Å². The predicted octanol–water partition coefficient (Wildman–Crippen LogP) is 3.69. The summed E-state index contributed by atoms with van der Waals surface area (Å²) in [5.41, 5.74) is 5.87. The van der Waals surface area contributed by atoms with Gasteiger partial charge in [-0.25, -0.2) is 0 Å². The molecule has 3 N–H and O–H groups in total. The molecule has 1 aliphatic rings. The maximum absolute atomic E-state index is 12.8. The average Bonchev–Trinajstić information content (AvgIpc) is 2.52. The number of hydrogen-bond acceptors (Lipinski definition) is 3. The minimum atomic E-state index is -0.899. The van der Waals surface area contributed by atoms with Gasteiger partial charge in [-0.2, -0.15) is 0 Å². The molecule has 0 radical (unpaired) electrons. The first-order chi connectivity index (χ1) is 11.1. The van der Waals surface area contributed by atoms with Crippen molar-refractivity contribution in [3.8, 4) is 0 Å². The molecule has 0 spiro atoms. The second-order valence-corrected chi connectivity index (χ2v) is 8.29. The SMILES string of the molecule is CCOC1CC(N)(C(=O)NCC(C)(C)c2ccccc2Cl)C1(C)C.Cl. The molecular formula is C19H30Cl2N2O2. The number of hydrogen-bond donors (Lipinski definition) is 2. The first-order valence-corrected chi connectivity index (χ1v) is 8.88. The van der Waals surface area contributed by atoms with Gasteiger partial charge >= 0.3 is 0 Å². The van der Waals surface area contributed by atoms with E-state index in [4.69, 9.17) is 22.1 Å². The summed E-state index contributed by atoms with van der Waals surface area (Å²) < 4.78 is 5.69. The van der Waals surface area contributed by atoms with E-state index in [9.17, 15) is 4.79 Å². The number of nitrogens with one attached hydrogen (secondary N) is 1. The Labute approximate surface area is 162 Å². The summed E-state index contributed by atoms with van der Waals surface area (Å²) in [5, 5.41) is 3.74. The first kappa shape index (κ1) is 22.2. The fourth-order valence-electron chi connectivity index (χ4n) is 3.38. The van der Waals surface area contributed by atoms with Gasteiger partial charge in [-0.1, -0.05) is 57.5 Å². The van der Waals surface area contributed by atoms with E-state index < -0.39 is 5.54 Å². The summed E-state index contributed by atoms with van der Waals surface area (Å²) in [5.74, 6) is -0.122. The van der Waals surface area contributed by atoms with Crippen LogP contribution in [-0.4, -0.2) is 30.7 Å². The maximum atomic E-state index is 12.8. The van der Waals surface area contributed by atoms with Crippen LogP contribution in [0.25, 0.3) is 0 Å². The zero-order chi connectivity index (χ0) is 18.2. The topological polar surface area (TPSA) is 64.3 Å². The molecule has 0 aliphatic heterocycles. The summed E-state index contributed by atoms with van der Waals surface area (Å²) in [6.45, 7) is 11.2. The number of carbonyl (C=O) groups excluding carboxylic acids is 1. The third-order valence-corrected chi connectivity index (χ3v) is 5.86.